The fourth-order valence-electron chi connectivity index (χ4n) is 2.26. The van der Waals surface area contributed by atoms with Crippen molar-refractivity contribution in [1.82, 2.24) is 4.72 Å². The van der Waals surface area contributed by atoms with Gasteiger partial charge in [0.25, 0.3) is 5.69 Å². The summed E-state index contributed by atoms with van der Waals surface area (Å²) in [6.45, 7) is -0.103. The summed E-state index contributed by atoms with van der Waals surface area (Å²) in [5.74, 6) is 1.01. The molecular weight excluding hydrogens is 364 g/mol. The highest BCUT2D eigenvalue weighted by Gasteiger charge is 2.23. The molecule has 0 unspecified atom stereocenters. The van der Waals surface area contributed by atoms with Gasteiger partial charge in [0, 0.05) is 24.2 Å². The minimum absolute atomic E-state index is 0.000655. The number of methoxy groups -OCH3 is 3. The van der Waals surface area contributed by atoms with E-state index in [1.807, 2.05) is 0 Å². The summed E-state index contributed by atoms with van der Waals surface area (Å²) in [6, 6.07) is 8.31. The van der Waals surface area contributed by atoms with Gasteiger partial charge in [0.2, 0.25) is 10.0 Å². The van der Waals surface area contributed by atoms with E-state index < -0.39 is 14.9 Å². The van der Waals surface area contributed by atoms with Crippen molar-refractivity contribution in [1.29, 1.82) is 0 Å². The van der Waals surface area contributed by atoms with Crippen molar-refractivity contribution in [3.8, 4) is 17.2 Å². The lowest BCUT2D eigenvalue weighted by Gasteiger charge is -2.13. The molecule has 2 aromatic carbocycles. The normalized spacial score (nSPS) is 11.0. The van der Waals surface area contributed by atoms with Crippen molar-refractivity contribution >= 4 is 15.7 Å². The van der Waals surface area contributed by atoms with E-state index in [1.54, 1.807) is 18.2 Å². The van der Waals surface area contributed by atoms with Crippen molar-refractivity contribution in [2.45, 2.75) is 11.4 Å². The molecule has 26 heavy (non-hydrogen) atoms. The van der Waals surface area contributed by atoms with Crippen LogP contribution in [0.5, 0.6) is 17.2 Å². The molecule has 10 heteroatoms. The number of hydrogen-bond donors (Lipinski definition) is 1. The van der Waals surface area contributed by atoms with E-state index in [0.29, 0.717) is 17.1 Å². The largest absolute Gasteiger partial charge is 0.497 e. The molecule has 0 fully saturated rings. The molecule has 140 valence electrons. The number of rotatable bonds is 8. The molecule has 0 aliphatic rings. The molecule has 1 N–H and O–H groups in total. The Hall–Kier alpha value is -2.85. The SMILES string of the molecule is COc1ccc(OC)c(CNS(=O)(=O)c2cc([N+](=O)[O-])ccc2OC)c1. The third kappa shape index (κ3) is 4.21. The first-order valence-electron chi connectivity index (χ1n) is 7.35. The van der Waals surface area contributed by atoms with Crippen LogP contribution >= 0.6 is 0 Å². The van der Waals surface area contributed by atoms with Crippen molar-refractivity contribution in [2.75, 3.05) is 21.3 Å². The first kappa shape index (κ1) is 19.5. The zero-order chi connectivity index (χ0) is 19.3. The lowest BCUT2D eigenvalue weighted by molar-refractivity contribution is -0.385. The summed E-state index contributed by atoms with van der Waals surface area (Å²) in [6.07, 6.45) is 0. The molecule has 0 saturated carbocycles. The minimum Gasteiger partial charge on any atom is -0.497 e. The summed E-state index contributed by atoms with van der Waals surface area (Å²) in [5, 5.41) is 10.9. The molecule has 0 saturated heterocycles. The van der Waals surface area contributed by atoms with Crippen LogP contribution in [-0.4, -0.2) is 34.7 Å². The molecule has 9 nitrogen and oxygen atoms in total. The third-order valence-corrected chi connectivity index (χ3v) is 5.01. The number of nitro groups is 1. The Morgan fingerprint density at radius 2 is 1.65 bits per heavy atom. The van der Waals surface area contributed by atoms with Crippen molar-refractivity contribution in [3.63, 3.8) is 0 Å². The quantitative estimate of drug-likeness (QED) is 0.549. The van der Waals surface area contributed by atoms with Crippen molar-refractivity contribution in [2.24, 2.45) is 0 Å². The Labute approximate surface area is 150 Å². The van der Waals surface area contributed by atoms with Crippen LogP contribution in [0.1, 0.15) is 5.56 Å². The van der Waals surface area contributed by atoms with Gasteiger partial charge in [-0.3, -0.25) is 10.1 Å². The fourth-order valence-corrected chi connectivity index (χ4v) is 3.45. The van der Waals surface area contributed by atoms with Crippen LogP contribution in [0.25, 0.3) is 0 Å². The molecule has 0 aliphatic carbocycles. The van der Waals surface area contributed by atoms with Crippen LogP contribution in [-0.2, 0) is 16.6 Å². The summed E-state index contributed by atoms with van der Waals surface area (Å²) in [7, 11) is 0.157. The average molecular weight is 382 g/mol. The predicted octanol–water partition coefficient (Wildman–Crippen LogP) is 2.10. The van der Waals surface area contributed by atoms with Crippen LogP contribution < -0.4 is 18.9 Å². The number of ether oxygens (including phenoxy) is 3. The van der Waals surface area contributed by atoms with Gasteiger partial charge in [-0.2, -0.15) is 0 Å². The highest BCUT2D eigenvalue weighted by Crippen LogP contribution is 2.29. The highest BCUT2D eigenvalue weighted by molar-refractivity contribution is 7.89. The third-order valence-electron chi connectivity index (χ3n) is 3.59. The number of hydrogen-bond acceptors (Lipinski definition) is 7. The van der Waals surface area contributed by atoms with Gasteiger partial charge < -0.3 is 14.2 Å². The summed E-state index contributed by atoms with van der Waals surface area (Å²) in [4.78, 5) is 9.93. The molecule has 2 aromatic rings. The highest BCUT2D eigenvalue weighted by atomic mass is 32.2. The minimum atomic E-state index is -4.08. The number of non-ortho nitro benzene ring substituents is 1. The van der Waals surface area contributed by atoms with Crippen LogP contribution in [0.2, 0.25) is 0 Å². The van der Waals surface area contributed by atoms with Crippen LogP contribution in [0.4, 0.5) is 5.69 Å². The van der Waals surface area contributed by atoms with Gasteiger partial charge >= 0.3 is 0 Å². The van der Waals surface area contributed by atoms with Crippen molar-refractivity contribution in [3.05, 3.63) is 52.1 Å². The van der Waals surface area contributed by atoms with E-state index in [9.17, 15) is 18.5 Å². The van der Waals surface area contributed by atoms with E-state index >= 15 is 0 Å². The zero-order valence-electron chi connectivity index (χ0n) is 14.4. The molecular formula is C16H18N2O7S. The van der Waals surface area contributed by atoms with Gasteiger partial charge in [-0.15, -0.1) is 0 Å². The number of benzene rings is 2. The molecule has 2 rings (SSSR count). The summed E-state index contributed by atoms with van der Waals surface area (Å²) in [5.41, 5.74) is 0.185. The molecule has 0 spiro atoms. The molecule has 0 atom stereocenters. The zero-order valence-corrected chi connectivity index (χ0v) is 15.2. The second-order valence-corrected chi connectivity index (χ2v) is 6.83. The van der Waals surface area contributed by atoms with E-state index in [4.69, 9.17) is 14.2 Å². The van der Waals surface area contributed by atoms with Gasteiger partial charge in [0.1, 0.15) is 22.1 Å². The smallest absolute Gasteiger partial charge is 0.271 e. The Morgan fingerprint density at radius 1 is 1.00 bits per heavy atom. The second kappa shape index (κ2) is 8.02. The monoisotopic (exact) mass is 382 g/mol. The average Bonchev–Trinajstić information content (AvgIpc) is 2.65. The summed E-state index contributed by atoms with van der Waals surface area (Å²) >= 11 is 0. The van der Waals surface area contributed by atoms with E-state index in [-0.39, 0.29) is 22.9 Å². The first-order valence-corrected chi connectivity index (χ1v) is 8.83. The van der Waals surface area contributed by atoms with Gasteiger partial charge in [-0.25, -0.2) is 13.1 Å². The Balaban J connectivity index is 2.35. The maximum Gasteiger partial charge on any atom is 0.271 e. The Morgan fingerprint density at radius 3 is 2.23 bits per heavy atom. The van der Waals surface area contributed by atoms with Gasteiger partial charge in [-0.1, -0.05) is 0 Å². The maximum absolute atomic E-state index is 12.6. The number of nitrogens with one attached hydrogen (secondary N) is 1. The molecule has 0 bridgehead atoms. The predicted molar refractivity (Wildman–Crippen MR) is 93.2 cm³/mol. The topological polar surface area (TPSA) is 117 Å². The molecule has 0 radical (unpaired) electrons. The van der Waals surface area contributed by atoms with Crippen molar-refractivity contribution < 1.29 is 27.6 Å². The number of sulfonamides is 1. The lowest BCUT2D eigenvalue weighted by Crippen LogP contribution is -2.24. The van der Waals surface area contributed by atoms with E-state index in [2.05, 4.69) is 4.72 Å². The first-order chi connectivity index (χ1) is 12.3. The Kier molecular flexibility index (Phi) is 6.01. The molecule has 0 heterocycles. The second-order valence-electron chi connectivity index (χ2n) is 5.09. The molecule has 0 amide bonds. The van der Waals surface area contributed by atoms with Crippen LogP contribution in [0, 0.1) is 10.1 Å². The Bertz CT molecular complexity index is 913. The number of nitrogens with zero attached hydrogens (tertiary/aromatic N) is 1. The van der Waals surface area contributed by atoms with E-state index in [1.165, 1.54) is 33.5 Å². The fraction of sp³-hybridized carbons (Fsp3) is 0.250. The molecule has 0 aliphatic heterocycles. The molecule has 0 aromatic heterocycles. The van der Waals surface area contributed by atoms with Gasteiger partial charge in [-0.05, 0) is 24.3 Å². The lowest BCUT2D eigenvalue weighted by atomic mass is 10.2. The van der Waals surface area contributed by atoms with Crippen LogP contribution in [0.3, 0.4) is 0 Å². The van der Waals surface area contributed by atoms with E-state index in [0.717, 1.165) is 6.07 Å². The summed E-state index contributed by atoms with van der Waals surface area (Å²) < 4.78 is 43.0. The van der Waals surface area contributed by atoms with Gasteiger partial charge in [0.15, 0.2) is 0 Å². The number of nitro benzene ring substituents is 1. The van der Waals surface area contributed by atoms with Gasteiger partial charge in [0.05, 0.1) is 26.3 Å². The van der Waals surface area contributed by atoms with Crippen LogP contribution in [0.15, 0.2) is 41.3 Å². The maximum atomic E-state index is 12.6. The standard InChI is InChI=1S/C16H18N2O7S/c1-23-13-5-7-14(24-2)11(8-13)10-17-26(21,22)16-9-12(18(19)20)4-6-15(16)25-3/h4-9,17H,10H2,1-3H3.